The minimum absolute atomic E-state index is 0.620. The van der Waals surface area contributed by atoms with Crippen molar-refractivity contribution < 1.29 is 0 Å². The number of hydrogen-bond donors (Lipinski definition) is 2. The van der Waals surface area contributed by atoms with Crippen molar-refractivity contribution in [3.63, 3.8) is 0 Å². The van der Waals surface area contributed by atoms with E-state index in [1.165, 1.54) is 25.7 Å². The van der Waals surface area contributed by atoms with Gasteiger partial charge in [0.15, 0.2) is 5.16 Å². The highest BCUT2D eigenvalue weighted by atomic mass is 32.2. The van der Waals surface area contributed by atoms with Gasteiger partial charge in [-0.15, -0.1) is 0 Å². The standard InChI is InChI=1S/C12H16N4S/c1-17-12-14-6-9-10(7-13-11(9)16-12)15-8-4-2-3-5-8/h6-8,15H,2-5H2,1H3,(H,13,14,16). The zero-order chi connectivity index (χ0) is 11.7. The van der Waals surface area contributed by atoms with Crippen LogP contribution < -0.4 is 5.32 Å². The van der Waals surface area contributed by atoms with Gasteiger partial charge in [-0.2, -0.15) is 0 Å². The molecule has 1 aliphatic rings. The van der Waals surface area contributed by atoms with Gasteiger partial charge in [0.25, 0.3) is 0 Å². The highest BCUT2D eigenvalue weighted by Crippen LogP contribution is 2.27. The lowest BCUT2D eigenvalue weighted by molar-refractivity contribution is 0.756. The molecule has 2 aromatic heterocycles. The van der Waals surface area contributed by atoms with Crippen molar-refractivity contribution >= 4 is 28.5 Å². The Labute approximate surface area is 105 Å². The minimum atomic E-state index is 0.620. The molecule has 2 N–H and O–H groups in total. The molecule has 4 nitrogen and oxygen atoms in total. The second-order valence-corrected chi connectivity index (χ2v) is 5.22. The zero-order valence-electron chi connectivity index (χ0n) is 9.86. The van der Waals surface area contributed by atoms with Gasteiger partial charge in [0.05, 0.1) is 11.1 Å². The summed E-state index contributed by atoms with van der Waals surface area (Å²) in [5.41, 5.74) is 2.06. The van der Waals surface area contributed by atoms with Crippen LogP contribution in [0.15, 0.2) is 17.6 Å². The Kier molecular flexibility index (Phi) is 2.93. The van der Waals surface area contributed by atoms with Gasteiger partial charge in [-0.3, -0.25) is 0 Å². The van der Waals surface area contributed by atoms with Gasteiger partial charge in [0.1, 0.15) is 5.65 Å². The lowest BCUT2D eigenvalue weighted by atomic mass is 10.2. The zero-order valence-corrected chi connectivity index (χ0v) is 10.7. The van der Waals surface area contributed by atoms with Crippen LogP contribution in [0.25, 0.3) is 11.0 Å². The maximum absolute atomic E-state index is 4.45. The SMILES string of the molecule is CSc1ncc2c(NC3CCCC3)c[nH]c2n1. The van der Waals surface area contributed by atoms with Crippen molar-refractivity contribution in [3.05, 3.63) is 12.4 Å². The van der Waals surface area contributed by atoms with Crippen LogP contribution in [0.5, 0.6) is 0 Å². The lowest BCUT2D eigenvalue weighted by Gasteiger charge is -2.11. The number of nitrogens with zero attached hydrogens (tertiary/aromatic N) is 2. The van der Waals surface area contributed by atoms with Gasteiger partial charge in [-0.25, -0.2) is 9.97 Å². The summed E-state index contributed by atoms with van der Waals surface area (Å²) in [6.07, 6.45) is 11.1. The lowest BCUT2D eigenvalue weighted by Crippen LogP contribution is -2.13. The molecule has 0 amide bonds. The molecule has 0 atom stereocenters. The fraction of sp³-hybridized carbons (Fsp3) is 0.500. The first-order valence-electron chi connectivity index (χ1n) is 6.01. The number of thioether (sulfide) groups is 1. The van der Waals surface area contributed by atoms with Crippen molar-refractivity contribution in [1.29, 1.82) is 0 Å². The number of fused-ring (bicyclic) bond motifs is 1. The summed E-state index contributed by atoms with van der Waals surface area (Å²) in [5, 5.41) is 5.49. The minimum Gasteiger partial charge on any atom is -0.380 e. The average Bonchev–Trinajstić information content (AvgIpc) is 2.99. The van der Waals surface area contributed by atoms with Gasteiger partial charge in [-0.05, 0) is 19.1 Å². The van der Waals surface area contributed by atoms with E-state index in [1.807, 2.05) is 18.6 Å². The summed E-state index contributed by atoms with van der Waals surface area (Å²) in [4.78, 5) is 12.0. The predicted octanol–water partition coefficient (Wildman–Crippen LogP) is 3.03. The highest BCUT2D eigenvalue weighted by molar-refractivity contribution is 7.98. The molecule has 1 fully saturated rings. The van der Waals surface area contributed by atoms with Gasteiger partial charge >= 0.3 is 0 Å². The Bertz CT molecular complexity index is 516. The first kappa shape index (κ1) is 10.9. The van der Waals surface area contributed by atoms with Gasteiger partial charge < -0.3 is 10.3 Å². The Morgan fingerprint density at radius 2 is 2.24 bits per heavy atom. The van der Waals surface area contributed by atoms with Gasteiger partial charge in [0.2, 0.25) is 0 Å². The molecular formula is C12H16N4S. The first-order chi connectivity index (χ1) is 8.36. The molecule has 1 aliphatic carbocycles. The molecule has 0 radical (unpaired) electrons. The topological polar surface area (TPSA) is 53.6 Å². The van der Waals surface area contributed by atoms with Crippen LogP contribution in [-0.4, -0.2) is 27.2 Å². The molecule has 0 aromatic carbocycles. The van der Waals surface area contributed by atoms with Crippen molar-refractivity contribution in [2.45, 2.75) is 36.9 Å². The number of aromatic amines is 1. The van der Waals surface area contributed by atoms with Crippen LogP contribution in [-0.2, 0) is 0 Å². The van der Waals surface area contributed by atoms with E-state index in [0.717, 1.165) is 21.9 Å². The number of nitrogens with one attached hydrogen (secondary N) is 2. The van der Waals surface area contributed by atoms with Crippen LogP contribution >= 0.6 is 11.8 Å². The third-order valence-electron chi connectivity index (χ3n) is 3.31. The van der Waals surface area contributed by atoms with E-state index in [-0.39, 0.29) is 0 Å². The van der Waals surface area contributed by atoms with E-state index < -0.39 is 0 Å². The van der Waals surface area contributed by atoms with E-state index in [2.05, 4.69) is 20.3 Å². The molecule has 0 aliphatic heterocycles. The van der Waals surface area contributed by atoms with Crippen LogP contribution in [0.2, 0.25) is 0 Å². The molecule has 2 aromatic rings. The summed E-state index contributed by atoms with van der Waals surface area (Å²) in [6, 6.07) is 0.620. The number of hydrogen-bond acceptors (Lipinski definition) is 4. The summed E-state index contributed by atoms with van der Waals surface area (Å²) >= 11 is 1.56. The largest absolute Gasteiger partial charge is 0.380 e. The van der Waals surface area contributed by atoms with Crippen LogP contribution in [0.1, 0.15) is 25.7 Å². The Hall–Kier alpha value is -1.23. The molecule has 17 heavy (non-hydrogen) atoms. The maximum Gasteiger partial charge on any atom is 0.189 e. The monoisotopic (exact) mass is 248 g/mol. The number of rotatable bonds is 3. The molecule has 1 saturated carbocycles. The molecular weight excluding hydrogens is 232 g/mol. The second kappa shape index (κ2) is 4.56. The summed E-state index contributed by atoms with van der Waals surface area (Å²) < 4.78 is 0. The van der Waals surface area contributed by atoms with Crippen molar-refractivity contribution in [2.75, 3.05) is 11.6 Å². The smallest absolute Gasteiger partial charge is 0.189 e. The third kappa shape index (κ3) is 2.11. The van der Waals surface area contributed by atoms with Crippen LogP contribution in [0.4, 0.5) is 5.69 Å². The van der Waals surface area contributed by atoms with Gasteiger partial charge in [-0.1, -0.05) is 24.6 Å². The quantitative estimate of drug-likeness (QED) is 0.647. The van der Waals surface area contributed by atoms with Crippen LogP contribution in [0, 0.1) is 0 Å². The molecule has 3 rings (SSSR count). The van der Waals surface area contributed by atoms with E-state index in [0.29, 0.717) is 6.04 Å². The van der Waals surface area contributed by atoms with E-state index in [4.69, 9.17) is 0 Å². The Morgan fingerprint density at radius 1 is 1.41 bits per heavy atom. The number of anilines is 1. The Balaban J connectivity index is 1.89. The first-order valence-corrected chi connectivity index (χ1v) is 7.24. The second-order valence-electron chi connectivity index (χ2n) is 4.45. The number of aromatic nitrogens is 3. The normalized spacial score (nSPS) is 16.8. The van der Waals surface area contributed by atoms with Gasteiger partial charge in [0, 0.05) is 18.4 Å². The van der Waals surface area contributed by atoms with Crippen LogP contribution in [0.3, 0.4) is 0 Å². The van der Waals surface area contributed by atoms with Crippen molar-refractivity contribution in [3.8, 4) is 0 Å². The molecule has 0 bridgehead atoms. The summed E-state index contributed by atoms with van der Waals surface area (Å²) in [7, 11) is 0. The van der Waals surface area contributed by atoms with Crippen molar-refractivity contribution in [2.24, 2.45) is 0 Å². The van der Waals surface area contributed by atoms with E-state index in [9.17, 15) is 0 Å². The molecule has 0 unspecified atom stereocenters. The molecule has 0 saturated heterocycles. The van der Waals surface area contributed by atoms with E-state index in [1.54, 1.807) is 11.8 Å². The highest BCUT2D eigenvalue weighted by Gasteiger charge is 2.16. The predicted molar refractivity (Wildman–Crippen MR) is 71.5 cm³/mol. The summed E-state index contributed by atoms with van der Waals surface area (Å²) in [6.45, 7) is 0. The molecule has 2 heterocycles. The number of H-pyrrole nitrogens is 1. The average molecular weight is 248 g/mol. The third-order valence-corrected chi connectivity index (χ3v) is 3.87. The molecule has 5 heteroatoms. The fourth-order valence-corrected chi connectivity index (χ4v) is 2.74. The maximum atomic E-state index is 4.45. The molecule has 0 spiro atoms. The van der Waals surface area contributed by atoms with Crippen molar-refractivity contribution in [1.82, 2.24) is 15.0 Å². The Morgan fingerprint density at radius 3 is 3.00 bits per heavy atom. The summed E-state index contributed by atoms with van der Waals surface area (Å²) in [5.74, 6) is 0. The van der Waals surface area contributed by atoms with E-state index >= 15 is 0 Å². The fourth-order valence-electron chi connectivity index (χ4n) is 2.40. The molecule has 90 valence electrons.